The zero-order valence-corrected chi connectivity index (χ0v) is 15.5. The molecule has 4 heterocycles. The first-order valence-corrected chi connectivity index (χ1v) is 9.24. The number of ether oxygens (including phenoxy) is 1. The van der Waals surface area contributed by atoms with Crippen LogP contribution in [-0.4, -0.2) is 72.3 Å². The molecular weight excluding hydrogens is 332 g/mol. The van der Waals surface area contributed by atoms with Crippen LogP contribution in [0, 0.1) is 13.8 Å². The third kappa shape index (κ3) is 3.81. The average molecular weight is 358 g/mol. The van der Waals surface area contributed by atoms with Gasteiger partial charge in [-0.2, -0.15) is 0 Å². The fourth-order valence-corrected chi connectivity index (χ4v) is 3.41. The smallest absolute Gasteiger partial charge is 0.208 e. The van der Waals surface area contributed by atoms with E-state index in [0.29, 0.717) is 0 Å². The van der Waals surface area contributed by atoms with Crippen LogP contribution in [0.4, 0.5) is 11.6 Å². The summed E-state index contributed by atoms with van der Waals surface area (Å²) in [5, 5.41) is 0. The number of morpholine rings is 1. The second kappa shape index (κ2) is 7.59. The van der Waals surface area contributed by atoms with Crippen LogP contribution >= 0.6 is 0 Å². The summed E-state index contributed by atoms with van der Waals surface area (Å²) < 4.78 is 11.1. The lowest BCUT2D eigenvalue weighted by Crippen LogP contribution is -2.46. The Morgan fingerprint density at radius 3 is 2.19 bits per heavy atom. The molecule has 0 N–H and O–H groups in total. The number of aryl methyl sites for hydroxylation is 2. The second-order valence-corrected chi connectivity index (χ2v) is 6.85. The molecule has 2 aliphatic heterocycles. The molecule has 2 aromatic heterocycles. The molecule has 0 spiro atoms. The molecule has 2 aliphatic rings. The Labute approximate surface area is 153 Å². The van der Waals surface area contributed by atoms with E-state index in [4.69, 9.17) is 9.15 Å². The van der Waals surface area contributed by atoms with E-state index < -0.39 is 0 Å². The van der Waals surface area contributed by atoms with Gasteiger partial charge in [0.2, 0.25) is 5.89 Å². The maximum absolute atomic E-state index is 5.71. The molecule has 0 unspecified atom stereocenters. The molecular formula is C18H26N6O2. The predicted octanol–water partition coefficient (Wildman–Crippen LogP) is 1.24. The van der Waals surface area contributed by atoms with Crippen molar-refractivity contribution in [2.24, 2.45) is 0 Å². The van der Waals surface area contributed by atoms with Gasteiger partial charge in [0, 0.05) is 45.3 Å². The molecule has 0 atom stereocenters. The minimum Gasteiger partial charge on any atom is -0.444 e. The average Bonchev–Trinajstić information content (AvgIpc) is 3.00. The van der Waals surface area contributed by atoms with Crippen LogP contribution in [0.25, 0.3) is 0 Å². The third-order valence-electron chi connectivity index (χ3n) is 5.10. The predicted molar refractivity (Wildman–Crippen MR) is 98.5 cm³/mol. The van der Waals surface area contributed by atoms with Gasteiger partial charge < -0.3 is 19.0 Å². The Bertz CT molecular complexity index is 716. The molecule has 2 aromatic rings. The summed E-state index contributed by atoms with van der Waals surface area (Å²) in [5.74, 6) is 3.72. The Morgan fingerprint density at radius 1 is 0.923 bits per heavy atom. The van der Waals surface area contributed by atoms with Crippen LogP contribution < -0.4 is 9.80 Å². The van der Waals surface area contributed by atoms with Crippen molar-refractivity contribution in [1.29, 1.82) is 0 Å². The lowest BCUT2D eigenvalue weighted by atomic mass is 10.3. The van der Waals surface area contributed by atoms with Gasteiger partial charge in [-0.25, -0.2) is 15.0 Å². The molecule has 26 heavy (non-hydrogen) atoms. The molecule has 0 aromatic carbocycles. The van der Waals surface area contributed by atoms with E-state index in [1.165, 1.54) is 0 Å². The first kappa shape index (κ1) is 17.2. The Hall–Kier alpha value is -2.19. The number of nitrogens with zero attached hydrogens (tertiary/aromatic N) is 6. The van der Waals surface area contributed by atoms with Crippen molar-refractivity contribution < 1.29 is 9.15 Å². The molecule has 2 fully saturated rings. The Morgan fingerprint density at radius 2 is 1.58 bits per heavy atom. The number of aromatic nitrogens is 3. The van der Waals surface area contributed by atoms with E-state index in [2.05, 4.69) is 35.7 Å². The first-order valence-electron chi connectivity index (χ1n) is 9.24. The van der Waals surface area contributed by atoms with E-state index in [1.54, 1.807) is 6.33 Å². The monoisotopic (exact) mass is 358 g/mol. The lowest BCUT2D eigenvalue weighted by molar-refractivity contribution is 0.122. The number of hydrogen-bond donors (Lipinski definition) is 0. The summed E-state index contributed by atoms with van der Waals surface area (Å²) in [4.78, 5) is 20.4. The number of piperazine rings is 1. The summed E-state index contributed by atoms with van der Waals surface area (Å²) in [6.45, 7) is 11.8. The van der Waals surface area contributed by atoms with Gasteiger partial charge in [0.05, 0.1) is 25.5 Å². The topological polar surface area (TPSA) is 70.8 Å². The summed E-state index contributed by atoms with van der Waals surface area (Å²) in [6.07, 6.45) is 1.67. The minimum absolute atomic E-state index is 0.762. The summed E-state index contributed by atoms with van der Waals surface area (Å²) in [7, 11) is 0. The van der Waals surface area contributed by atoms with Crippen molar-refractivity contribution in [3.05, 3.63) is 29.7 Å². The molecule has 0 saturated carbocycles. The van der Waals surface area contributed by atoms with Gasteiger partial charge >= 0.3 is 0 Å². The maximum Gasteiger partial charge on any atom is 0.208 e. The zero-order valence-electron chi connectivity index (χ0n) is 15.5. The zero-order chi connectivity index (χ0) is 17.9. The molecule has 140 valence electrons. The minimum atomic E-state index is 0.762. The normalized spacial score (nSPS) is 19.2. The van der Waals surface area contributed by atoms with Crippen molar-refractivity contribution in [1.82, 2.24) is 19.9 Å². The van der Waals surface area contributed by atoms with Crippen LogP contribution in [0.5, 0.6) is 0 Å². The Kier molecular flexibility index (Phi) is 5.03. The van der Waals surface area contributed by atoms with E-state index >= 15 is 0 Å². The van der Waals surface area contributed by atoms with Crippen molar-refractivity contribution in [3.8, 4) is 0 Å². The van der Waals surface area contributed by atoms with Crippen LogP contribution in [0.3, 0.4) is 0 Å². The molecule has 0 aliphatic carbocycles. The maximum atomic E-state index is 5.71. The van der Waals surface area contributed by atoms with Gasteiger partial charge in [-0.05, 0) is 13.8 Å². The summed E-state index contributed by atoms with van der Waals surface area (Å²) >= 11 is 0. The van der Waals surface area contributed by atoms with Crippen molar-refractivity contribution >= 4 is 11.6 Å². The number of oxazole rings is 1. The van der Waals surface area contributed by atoms with E-state index in [9.17, 15) is 0 Å². The number of rotatable bonds is 4. The molecule has 4 rings (SSSR count). The van der Waals surface area contributed by atoms with Crippen molar-refractivity contribution in [2.45, 2.75) is 20.4 Å². The highest BCUT2D eigenvalue weighted by molar-refractivity contribution is 5.50. The SMILES string of the molecule is Cc1nc(CN2CCN(c3cc(N4CCOCC4)ncn3)CC2)oc1C. The number of hydrogen-bond acceptors (Lipinski definition) is 8. The standard InChI is InChI=1S/C18H26N6O2/c1-14-15(2)26-18(21-14)12-22-3-5-23(6-4-22)16-11-17(20-13-19-16)24-7-9-25-10-8-24/h11,13H,3-10,12H2,1-2H3. The van der Waals surface area contributed by atoms with Gasteiger partial charge in [-0.15, -0.1) is 0 Å². The van der Waals surface area contributed by atoms with Crippen LogP contribution in [0.1, 0.15) is 17.3 Å². The highest BCUT2D eigenvalue weighted by Crippen LogP contribution is 2.20. The lowest BCUT2D eigenvalue weighted by Gasteiger charge is -2.35. The quantitative estimate of drug-likeness (QED) is 0.809. The van der Waals surface area contributed by atoms with E-state index in [0.717, 1.165) is 88.0 Å². The summed E-state index contributed by atoms with van der Waals surface area (Å²) in [5.41, 5.74) is 0.982. The molecule has 0 amide bonds. The highest BCUT2D eigenvalue weighted by Gasteiger charge is 2.21. The fraction of sp³-hybridized carbons (Fsp3) is 0.611. The van der Waals surface area contributed by atoms with Crippen molar-refractivity contribution in [2.75, 3.05) is 62.3 Å². The molecule has 0 radical (unpaired) electrons. The van der Waals surface area contributed by atoms with Gasteiger partial charge in [-0.1, -0.05) is 0 Å². The molecule has 8 nitrogen and oxygen atoms in total. The molecule has 0 bridgehead atoms. The first-order chi connectivity index (χ1) is 12.7. The third-order valence-corrected chi connectivity index (χ3v) is 5.10. The van der Waals surface area contributed by atoms with E-state index in [1.807, 2.05) is 13.8 Å². The second-order valence-electron chi connectivity index (χ2n) is 6.85. The molecule has 2 saturated heterocycles. The highest BCUT2D eigenvalue weighted by atomic mass is 16.5. The van der Waals surface area contributed by atoms with Crippen LogP contribution in [0.15, 0.2) is 16.8 Å². The van der Waals surface area contributed by atoms with Gasteiger partial charge in [0.15, 0.2) is 0 Å². The van der Waals surface area contributed by atoms with E-state index in [-0.39, 0.29) is 0 Å². The van der Waals surface area contributed by atoms with Gasteiger partial charge in [0.25, 0.3) is 0 Å². The number of anilines is 2. The van der Waals surface area contributed by atoms with Crippen molar-refractivity contribution in [3.63, 3.8) is 0 Å². The fourth-order valence-electron chi connectivity index (χ4n) is 3.41. The summed E-state index contributed by atoms with van der Waals surface area (Å²) in [6, 6.07) is 2.10. The van der Waals surface area contributed by atoms with Gasteiger partial charge in [-0.3, -0.25) is 4.90 Å². The van der Waals surface area contributed by atoms with Crippen LogP contribution in [0.2, 0.25) is 0 Å². The molecule has 8 heteroatoms. The Balaban J connectivity index is 1.35. The largest absolute Gasteiger partial charge is 0.444 e. The van der Waals surface area contributed by atoms with Crippen LogP contribution in [-0.2, 0) is 11.3 Å². The van der Waals surface area contributed by atoms with Gasteiger partial charge in [0.1, 0.15) is 23.7 Å².